The molecule has 0 saturated heterocycles. The molecule has 140 valence electrons. The fraction of sp³-hybridized carbons (Fsp3) is 0.200. The molecule has 0 saturated carbocycles. The zero-order valence-corrected chi connectivity index (χ0v) is 16.8. The first-order valence-electron chi connectivity index (χ1n) is 8.18. The molecule has 0 amide bonds. The summed E-state index contributed by atoms with van der Waals surface area (Å²) >= 11 is 3.58. The summed E-state index contributed by atoms with van der Waals surface area (Å²) in [7, 11) is 4.56. The SMILES string of the molecule is CO/C=C/c1nn(Cc2ccc(OC)cc2)c2c(Br)ccc(C(=O)OC)c12. The van der Waals surface area contributed by atoms with Crippen molar-refractivity contribution < 1.29 is 19.0 Å². The zero-order valence-electron chi connectivity index (χ0n) is 15.2. The van der Waals surface area contributed by atoms with Crippen LogP contribution in [0.4, 0.5) is 0 Å². The van der Waals surface area contributed by atoms with Crippen LogP contribution in [0.2, 0.25) is 0 Å². The van der Waals surface area contributed by atoms with Crippen LogP contribution in [0.15, 0.2) is 47.1 Å². The van der Waals surface area contributed by atoms with Crippen molar-refractivity contribution in [2.24, 2.45) is 0 Å². The van der Waals surface area contributed by atoms with E-state index >= 15 is 0 Å². The minimum absolute atomic E-state index is 0.413. The van der Waals surface area contributed by atoms with Crippen LogP contribution in [0.5, 0.6) is 5.75 Å². The molecule has 0 atom stereocenters. The molecule has 6 nitrogen and oxygen atoms in total. The van der Waals surface area contributed by atoms with Gasteiger partial charge in [0.25, 0.3) is 0 Å². The van der Waals surface area contributed by atoms with Crippen molar-refractivity contribution >= 4 is 38.9 Å². The highest BCUT2D eigenvalue weighted by Gasteiger charge is 2.20. The van der Waals surface area contributed by atoms with Crippen LogP contribution in [-0.2, 0) is 16.0 Å². The van der Waals surface area contributed by atoms with Gasteiger partial charge in [-0.25, -0.2) is 4.79 Å². The molecule has 3 rings (SSSR count). The Kier molecular flexibility index (Phi) is 5.81. The summed E-state index contributed by atoms with van der Waals surface area (Å²) in [6, 6.07) is 11.3. The highest BCUT2D eigenvalue weighted by Crippen LogP contribution is 2.31. The number of hydrogen-bond acceptors (Lipinski definition) is 5. The molecule has 0 aliphatic heterocycles. The second kappa shape index (κ2) is 8.26. The molecular formula is C20H19BrN2O4. The van der Waals surface area contributed by atoms with Gasteiger partial charge in [0.15, 0.2) is 0 Å². The van der Waals surface area contributed by atoms with Crippen molar-refractivity contribution in [3.8, 4) is 5.75 Å². The fourth-order valence-corrected chi connectivity index (χ4v) is 3.39. The first-order valence-corrected chi connectivity index (χ1v) is 8.98. The second-order valence-corrected chi connectivity index (χ2v) is 6.59. The smallest absolute Gasteiger partial charge is 0.338 e. The maximum atomic E-state index is 12.3. The molecule has 7 heteroatoms. The number of methoxy groups -OCH3 is 3. The number of carbonyl (C=O) groups is 1. The van der Waals surface area contributed by atoms with Crippen LogP contribution in [-0.4, -0.2) is 37.1 Å². The molecule has 0 spiro atoms. The van der Waals surface area contributed by atoms with Gasteiger partial charge in [-0.05, 0) is 45.8 Å². The summed E-state index contributed by atoms with van der Waals surface area (Å²) in [5.74, 6) is 0.380. The Labute approximate surface area is 165 Å². The Morgan fingerprint density at radius 3 is 2.52 bits per heavy atom. The summed E-state index contributed by atoms with van der Waals surface area (Å²) < 4.78 is 17.9. The van der Waals surface area contributed by atoms with Crippen LogP contribution in [0.1, 0.15) is 21.6 Å². The summed E-state index contributed by atoms with van der Waals surface area (Å²) in [5.41, 5.74) is 2.94. The largest absolute Gasteiger partial charge is 0.504 e. The van der Waals surface area contributed by atoms with Crippen LogP contribution < -0.4 is 4.74 Å². The van der Waals surface area contributed by atoms with Crippen molar-refractivity contribution in [2.45, 2.75) is 6.54 Å². The standard InChI is InChI=1S/C20H19BrN2O4/c1-25-11-10-17-18-15(20(24)27-3)8-9-16(21)19(18)23(22-17)12-13-4-6-14(26-2)7-5-13/h4-11H,12H2,1-3H3/b11-10+. The molecule has 0 aliphatic carbocycles. The van der Waals surface area contributed by atoms with E-state index in [2.05, 4.69) is 21.0 Å². The normalized spacial score (nSPS) is 11.1. The maximum absolute atomic E-state index is 12.3. The average Bonchev–Trinajstić information content (AvgIpc) is 3.05. The van der Waals surface area contributed by atoms with E-state index in [-0.39, 0.29) is 0 Å². The second-order valence-electron chi connectivity index (χ2n) is 5.74. The van der Waals surface area contributed by atoms with Crippen LogP contribution in [0.3, 0.4) is 0 Å². The van der Waals surface area contributed by atoms with Gasteiger partial charge in [0.05, 0.1) is 50.9 Å². The number of nitrogens with zero attached hydrogens (tertiary/aromatic N) is 2. The monoisotopic (exact) mass is 430 g/mol. The minimum atomic E-state index is -0.413. The van der Waals surface area contributed by atoms with Crippen LogP contribution in [0.25, 0.3) is 17.0 Å². The molecule has 0 unspecified atom stereocenters. The zero-order chi connectivity index (χ0) is 19.4. The van der Waals surface area contributed by atoms with E-state index in [4.69, 9.17) is 14.2 Å². The summed E-state index contributed by atoms with van der Waals surface area (Å²) in [4.78, 5) is 12.3. The Hall–Kier alpha value is -2.80. The van der Waals surface area contributed by atoms with E-state index in [9.17, 15) is 4.79 Å². The average molecular weight is 431 g/mol. The van der Waals surface area contributed by atoms with E-state index in [0.29, 0.717) is 23.2 Å². The van der Waals surface area contributed by atoms with E-state index in [1.807, 2.05) is 35.0 Å². The number of benzene rings is 2. The van der Waals surface area contributed by atoms with Crippen molar-refractivity contribution in [3.05, 3.63) is 64.0 Å². The third kappa shape index (κ3) is 3.83. The molecule has 1 heterocycles. The number of rotatable bonds is 6. The van der Waals surface area contributed by atoms with Gasteiger partial charge in [0.1, 0.15) is 5.75 Å². The van der Waals surface area contributed by atoms with Crippen molar-refractivity contribution in [1.29, 1.82) is 0 Å². The lowest BCUT2D eigenvalue weighted by molar-refractivity contribution is 0.0603. The fourth-order valence-electron chi connectivity index (χ4n) is 2.85. The molecule has 1 aromatic heterocycles. The lowest BCUT2D eigenvalue weighted by Crippen LogP contribution is -2.04. The van der Waals surface area contributed by atoms with Crippen molar-refractivity contribution in [2.75, 3.05) is 21.3 Å². The summed E-state index contributed by atoms with van der Waals surface area (Å²) in [6.45, 7) is 0.532. The molecule has 3 aromatic rings. The molecule has 27 heavy (non-hydrogen) atoms. The quantitative estimate of drug-likeness (QED) is 0.431. The van der Waals surface area contributed by atoms with Crippen LogP contribution >= 0.6 is 15.9 Å². The molecule has 0 aliphatic rings. The Balaban J connectivity index is 2.17. The van der Waals surface area contributed by atoms with Gasteiger partial charge in [0, 0.05) is 15.9 Å². The number of aromatic nitrogens is 2. The van der Waals surface area contributed by atoms with Crippen molar-refractivity contribution in [1.82, 2.24) is 9.78 Å². The number of hydrogen-bond donors (Lipinski definition) is 0. The predicted octanol–water partition coefficient (Wildman–Crippen LogP) is 4.26. The van der Waals surface area contributed by atoms with Gasteiger partial charge < -0.3 is 14.2 Å². The lowest BCUT2D eigenvalue weighted by atomic mass is 10.1. The van der Waals surface area contributed by atoms with E-state index in [1.165, 1.54) is 13.4 Å². The van der Waals surface area contributed by atoms with E-state index in [0.717, 1.165) is 21.3 Å². The van der Waals surface area contributed by atoms with Crippen molar-refractivity contribution in [3.63, 3.8) is 0 Å². The van der Waals surface area contributed by atoms with E-state index in [1.54, 1.807) is 26.4 Å². The lowest BCUT2D eigenvalue weighted by Gasteiger charge is -2.08. The minimum Gasteiger partial charge on any atom is -0.504 e. The Morgan fingerprint density at radius 1 is 1.15 bits per heavy atom. The summed E-state index contributed by atoms with van der Waals surface area (Å²) in [6.07, 6.45) is 3.26. The molecule has 0 N–H and O–H groups in total. The Morgan fingerprint density at radius 2 is 1.89 bits per heavy atom. The van der Waals surface area contributed by atoms with Gasteiger partial charge in [-0.1, -0.05) is 12.1 Å². The van der Waals surface area contributed by atoms with Gasteiger partial charge in [-0.3, -0.25) is 4.68 Å². The van der Waals surface area contributed by atoms with Gasteiger partial charge >= 0.3 is 5.97 Å². The van der Waals surface area contributed by atoms with Crippen LogP contribution in [0, 0.1) is 0 Å². The number of fused-ring (bicyclic) bond motifs is 1. The van der Waals surface area contributed by atoms with Gasteiger partial charge in [-0.2, -0.15) is 5.10 Å². The number of carbonyl (C=O) groups excluding carboxylic acids is 1. The molecule has 0 radical (unpaired) electrons. The first-order chi connectivity index (χ1) is 13.1. The van der Waals surface area contributed by atoms with Gasteiger partial charge in [-0.15, -0.1) is 0 Å². The Bertz CT molecular complexity index is 993. The molecular weight excluding hydrogens is 412 g/mol. The first kappa shape index (κ1) is 19.0. The number of ether oxygens (including phenoxy) is 3. The third-order valence-electron chi connectivity index (χ3n) is 4.13. The molecule has 0 bridgehead atoms. The van der Waals surface area contributed by atoms with E-state index < -0.39 is 5.97 Å². The number of halogens is 1. The molecule has 2 aromatic carbocycles. The van der Waals surface area contributed by atoms with Gasteiger partial charge in [0.2, 0.25) is 0 Å². The number of esters is 1. The topological polar surface area (TPSA) is 62.6 Å². The maximum Gasteiger partial charge on any atom is 0.338 e. The predicted molar refractivity (Wildman–Crippen MR) is 107 cm³/mol. The summed E-state index contributed by atoms with van der Waals surface area (Å²) in [5, 5.41) is 5.39. The highest BCUT2D eigenvalue weighted by atomic mass is 79.9. The highest BCUT2D eigenvalue weighted by molar-refractivity contribution is 9.10. The third-order valence-corrected chi connectivity index (χ3v) is 4.77. The molecule has 0 fully saturated rings.